The minimum atomic E-state index is -3.68. The summed E-state index contributed by atoms with van der Waals surface area (Å²) in [5, 5.41) is 8.64. The third-order valence-corrected chi connectivity index (χ3v) is 7.43. The largest absolute Gasteiger partial charge is 0.492 e. The van der Waals surface area contributed by atoms with E-state index in [2.05, 4.69) is 31.1 Å². The van der Waals surface area contributed by atoms with Crippen molar-refractivity contribution in [2.45, 2.75) is 11.8 Å². The highest BCUT2D eigenvalue weighted by Gasteiger charge is 2.31. The van der Waals surface area contributed by atoms with Gasteiger partial charge in [-0.2, -0.15) is 4.31 Å². The Bertz CT molecular complexity index is 1140. The first-order valence-corrected chi connectivity index (χ1v) is 12.1. The van der Waals surface area contributed by atoms with Gasteiger partial charge in [-0.15, -0.1) is 10.2 Å². The van der Waals surface area contributed by atoms with Crippen LogP contribution in [0.4, 0.5) is 5.82 Å². The van der Waals surface area contributed by atoms with Crippen molar-refractivity contribution in [2.75, 3.05) is 37.7 Å². The molecule has 1 aliphatic heterocycles. The van der Waals surface area contributed by atoms with Crippen LogP contribution in [-0.2, 0) is 10.0 Å². The van der Waals surface area contributed by atoms with Gasteiger partial charge in [0.1, 0.15) is 10.6 Å². The number of aromatic nitrogens is 3. The second-order valence-electron chi connectivity index (χ2n) is 6.93. The van der Waals surface area contributed by atoms with Crippen molar-refractivity contribution in [3.05, 3.63) is 59.3 Å². The summed E-state index contributed by atoms with van der Waals surface area (Å²) in [5.74, 6) is 1.10. The van der Waals surface area contributed by atoms with Gasteiger partial charge in [-0.3, -0.25) is 4.98 Å². The first kappa shape index (κ1) is 21.7. The van der Waals surface area contributed by atoms with E-state index in [0.29, 0.717) is 43.0 Å². The first-order valence-electron chi connectivity index (χ1n) is 9.90. The molecule has 0 unspecified atom stereocenters. The summed E-state index contributed by atoms with van der Waals surface area (Å²) in [7, 11) is -3.68. The van der Waals surface area contributed by atoms with Crippen molar-refractivity contribution < 1.29 is 13.2 Å². The van der Waals surface area contributed by atoms with Crippen LogP contribution in [0.3, 0.4) is 0 Å². The Hall–Kier alpha value is -2.56. The lowest BCUT2D eigenvalue weighted by Gasteiger charge is -2.34. The Morgan fingerprint density at radius 3 is 2.39 bits per heavy atom. The number of ether oxygens (including phenoxy) is 1. The molecule has 0 amide bonds. The van der Waals surface area contributed by atoms with Gasteiger partial charge in [-0.25, -0.2) is 8.42 Å². The monoisotopic (exact) mass is 503 g/mol. The SMILES string of the molecule is CCOc1ccc(Br)cc1S(=O)(=O)N1CCN(c2ccc(-c3ccncc3)nn2)CC1. The van der Waals surface area contributed by atoms with Crippen LogP contribution in [0.15, 0.2) is 64.2 Å². The summed E-state index contributed by atoms with van der Waals surface area (Å²) in [6, 6.07) is 12.6. The van der Waals surface area contributed by atoms with Crippen molar-refractivity contribution in [2.24, 2.45) is 0 Å². The van der Waals surface area contributed by atoms with Crippen LogP contribution in [-0.4, -0.2) is 60.7 Å². The van der Waals surface area contributed by atoms with E-state index in [-0.39, 0.29) is 4.90 Å². The molecule has 2 aromatic heterocycles. The van der Waals surface area contributed by atoms with Crippen LogP contribution < -0.4 is 9.64 Å². The van der Waals surface area contributed by atoms with E-state index in [4.69, 9.17) is 4.74 Å². The number of anilines is 1. The van der Waals surface area contributed by atoms with Crippen molar-refractivity contribution in [1.82, 2.24) is 19.5 Å². The first-order chi connectivity index (χ1) is 15.0. The quantitative estimate of drug-likeness (QED) is 0.510. The fourth-order valence-electron chi connectivity index (χ4n) is 3.43. The molecule has 0 aliphatic carbocycles. The highest BCUT2D eigenvalue weighted by Crippen LogP contribution is 2.31. The number of hydrogen-bond donors (Lipinski definition) is 0. The Labute approximate surface area is 190 Å². The topological polar surface area (TPSA) is 88.5 Å². The lowest BCUT2D eigenvalue weighted by Crippen LogP contribution is -2.49. The highest BCUT2D eigenvalue weighted by atomic mass is 79.9. The molecule has 10 heteroatoms. The fraction of sp³-hybridized carbons (Fsp3) is 0.286. The highest BCUT2D eigenvalue weighted by molar-refractivity contribution is 9.10. The van der Waals surface area contributed by atoms with Gasteiger partial charge in [0.15, 0.2) is 5.82 Å². The van der Waals surface area contributed by atoms with Gasteiger partial charge in [0.25, 0.3) is 0 Å². The Morgan fingerprint density at radius 2 is 1.74 bits per heavy atom. The van der Waals surface area contributed by atoms with E-state index in [1.165, 1.54) is 4.31 Å². The zero-order valence-electron chi connectivity index (χ0n) is 17.0. The smallest absolute Gasteiger partial charge is 0.246 e. The molecule has 1 aliphatic rings. The molecule has 3 aromatic rings. The number of nitrogens with zero attached hydrogens (tertiary/aromatic N) is 5. The summed E-state index contributed by atoms with van der Waals surface area (Å²) < 4.78 is 34.2. The van der Waals surface area contributed by atoms with E-state index in [1.807, 2.05) is 36.1 Å². The number of sulfonamides is 1. The van der Waals surface area contributed by atoms with Crippen molar-refractivity contribution in [3.8, 4) is 17.0 Å². The van der Waals surface area contributed by atoms with Gasteiger partial charge in [0, 0.05) is 48.6 Å². The normalized spacial score (nSPS) is 15.1. The molecule has 0 atom stereocenters. The third kappa shape index (κ3) is 4.70. The molecule has 0 radical (unpaired) electrons. The van der Waals surface area contributed by atoms with Gasteiger partial charge >= 0.3 is 0 Å². The molecule has 0 bridgehead atoms. The predicted octanol–water partition coefficient (Wildman–Crippen LogP) is 3.21. The van der Waals surface area contributed by atoms with E-state index < -0.39 is 10.0 Å². The molecule has 1 aromatic carbocycles. The summed E-state index contributed by atoms with van der Waals surface area (Å²) >= 11 is 3.36. The summed E-state index contributed by atoms with van der Waals surface area (Å²) in [6.45, 7) is 3.99. The van der Waals surface area contributed by atoms with Gasteiger partial charge in [-0.1, -0.05) is 15.9 Å². The fourth-order valence-corrected chi connectivity index (χ4v) is 5.52. The van der Waals surface area contributed by atoms with Crippen molar-refractivity contribution in [3.63, 3.8) is 0 Å². The van der Waals surface area contributed by atoms with Crippen molar-refractivity contribution >= 4 is 31.8 Å². The second kappa shape index (κ2) is 9.29. The zero-order valence-corrected chi connectivity index (χ0v) is 19.4. The number of halogens is 1. The number of piperazine rings is 1. The summed E-state index contributed by atoms with van der Waals surface area (Å²) in [6.07, 6.45) is 3.43. The molecular formula is C21H22BrN5O3S. The molecule has 31 heavy (non-hydrogen) atoms. The molecule has 4 rings (SSSR count). The van der Waals surface area contributed by atoms with E-state index in [9.17, 15) is 8.42 Å². The van der Waals surface area contributed by atoms with E-state index in [0.717, 1.165) is 17.1 Å². The molecule has 162 valence electrons. The summed E-state index contributed by atoms with van der Waals surface area (Å²) in [4.78, 5) is 6.23. The minimum absolute atomic E-state index is 0.179. The molecule has 8 nitrogen and oxygen atoms in total. The van der Waals surface area contributed by atoms with Crippen LogP contribution in [0.5, 0.6) is 5.75 Å². The van der Waals surface area contributed by atoms with Crippen molar-refractivity contribution in [1.29, 1.82) is 0 Å². The predicted molar refractivity (Wildman–Crippen MR) is 122 cm³/mol. The van der Waals surface area contributed by atoms with Gasteiger partial charge < -0.3 is 9.64 Å². The van der Waals surface area contributed by atoms with E-state index in [1.54, 1.807) is 30.6 Å². The lowest BCUT2D eigenvalue weighted by molar-refractivity contribution is 0.327. The average molecular weight is 504 g/mol. The maximum Gasteiger partial charge on any atom is 0.246 e. The van der Waals surface area contributed by atoms with Gasteiger partial charge in [-0.05, 0) is 49.4 Å². The second-order valence-corrected chi connectivity index (χ2v) is 9.75. The average Bonchev–Trinajstić information content (AvgIpc) is 2.81. The number of rotatable bonds is 6. The Balaban J connectivity index is 1.47. The molecule has 1 fully saturated rings. The molecule has 1 saturated heterocycles. The molecule has 0 N–H and O–H groups in total. The number of benzene rings is 1. The van der Waals surface area contributed by atoms with Crippen LogP contribution in [0.2, 0.25) is 0 Å². The lowest BCUT2D eigenvalue weighted by atomic mass is 10.2. The number of hydrogen-bond acceptors (Lipinski definition) is 7. The molecule has 0 saturated carbocycles. The standard InChI is InChI=1S/C21H22BrN5O3S/c1-2-30-19-5-3-17(22)15-20(19)31(28,29)27-13-11-26(12-14-27)21-6-4-18(24-25-21)16-7-9-23-10-8-16/h3-10,15H,2,11-14H2,1H3. The molecular weight excluding hydrogens is 482 g/mol. The Morgan fingerprint density at radius 1 is 1.00 bits per heavy atom. The van der Waals surface area contributed by atoms with Gasteiger partial charge in [0.05, 0.1) is 12.3 Å². The maximum atomic E-state index is 13.3. The third-order valence-electron chi connectivity index (χ3n) is 5.01. The van der Waals surface area contributed by atoms with Crippen LogP contribution in [0.1, 0.15) is 6.92 Å². The van der Waals surface area contributed by atoms with Gasteiger partial charge in [0.2, 0.25) is 10.0 Å². The molecule has 3 heterocycles. The number of pyridine rings is 1. The summed E-state index contributed by atoms with van der Waals surface area (Å²) in [5.41, 5.74) is 1.72. The van der Waals surface area contributed by atoms with Crippen LogP contribution >= 0.6 is 15.9 Å². The van der Waals surface area contributed by atoms with Crippen LogP contribution in [0.25, 0.3) is 11.3 Å². The maximum absolute atomic E-state index is 13.3. The zero-order chi connectivity index (χ0) is 21.8. The van der Waals surface area contributed by atoms with E-state index >= 15 is 0 Å². The molecule has 0 spiro atoms. The Kier molecular flexibility index (Phi) is 6.49. The van der Waals surface area contributed by atoms with Crippen LogP contribution in [0, 0.1) is 0 Å². The minimum Gasteiger partial charge on any atom is -0.492 e.